The van der Waals surface area contributed by atoms with E-state index >= 15 is 0 Å². The largest absolute Gasteiger partial charge is 1.00 e. The first kappa shape index (κ1) is 22.4. The van der Waals surface area contributed by atoms with Gasteiger partial charge in [-0.25, -0.2) is 0 Å². The van der Waals surface area contributed by atoms with Crippen LogP contribution in [0.25, 0.3) is 0 Å². The molecular formula is C21H37ClN. The van der Waals surface area contributed by atoms with E-state index in [1.165, 1.54) is 95.6 Å². The molecule has 1 heterocycles. The maximum absolute atomic E-state index is 4.38. The zero-order valence-corrected chi connectivity index (χ0v) is 16.0. The SMILES string of the molecule is CCCCCCCCCCCCCCCCC1=CC=CC=[N+]1.[Cl-]. The highest BCUT2D eigenvalue weighted by Crippen LogP contribution is 2.14. The van der Waals surface area contributed by atoms with Gasteiger partial charge in [0.15, 0.2) is 0 Å². The van der Waals surface area contributed by atoms with Gasteiger partial charge >= 0.3 is 0 Å². The lowest BCUT2D eigenvalue weighted by atomic mass is 10.0. The monoisotopic (exact) mass is 338 g/mol. The summed E-state index contributed by atoms with van der Waals surface area (Å²) in [7, 11) is 0. The lowest BCUT2D eigenvalue weighted by Crippen LogP contribution is -3.00. The molecule has 0 fully saturated rings. The molecule has 0 spiro atoms. The summed E-state index contributed by atoms with van der Waals surface area (Å²) in [5, 5.41) is 0. The van der Waals surface area contributed by atoms with Gasteiger partial charge in [0.05, 0.1) is 4.99 Å². The maximum Gasteiger partial charge on any atom is 0.253 e. The molecule has 1 aliphatic heterocycles. The van der Waals surface area contributed by atoms with Crippen molar-refractivity contribution in [3.63, 3.8) is 0 Å². The molecule has 0 aromatic rings. The van der Waals surface area contributed by atoms with E-state index in [0.717, 1.165) is 6.42 Å². The molecule has 2 heteroatoms. The van der Waals surface area contributed by atoms with E-state index in [9.17, 15) is 0 Å². The van der Waals surface area contributed by atoms with Crippen molar-refractivity contribution in [1.82, 2.24) is 4.99 Å². The third kappa shape index (κ3) is 14.7. The predicted octanol–water partition coefficient (Wildman–Crippen LogP) is 3.72. The second-order valence-electron chi connectivity index (χ2n) is 6.67. The van der Waals surface area contributed by atoms with Crippen LogP contribution in [0.1, 0.15) is 103 Å². The molecule has 0 saturated carbocycles. The molecule has 0 atom stereocenters. The highest BCUT2D eigenvalue weighted by atomic mass is 35.5. The van der Waals surface area contributed by atoms with E-state index < -0.39 is 0 Å². The number of allylic oxidation sites excluding steroid dienone is 4. The van der Waals surface area contributed by atoms with Gasteiger partial charge in [0.25, 0.3) is 5.70 Å². The first-order valence-electron chi connectivity index (χ1n) is 9.83. The average molecular weight is 339 g/mol. The van der Waals surface area contributed by atoms with Crippen LogP contribution < -0.4 is 17.4 Å². The highest BCUT2D eigenvalue weighted by molar-refractivity contribution is 5.72. The number of nitrogens with zero attached hydrogens (tertiary/aromatic N) is 1. The van der Waals surface area contributed by atoms with Crippen molar-refractivity contribution >= 4 is 6.21 Å². The molecule has 1 nitrogen and oxygen atoms in total. The fraction of sp³-hybridized carbons (Fsp3) is 0.762. The Balaban J connectivity index is 0.00000484. The van der Waals surface area contributed by atoms with Gasteiger partial charge in [0.1, 0.15) is 0 Å². The Morgan fingerprint density at radius 1 is 0.652 bits per heavy atom. The van der Waals surface area contributed by atoms with Crippen LogP contribution in [0.4, 0.5) is 0 Å². The van der Waals surface area contributed by atoms with Gasteiger partial charge < -0.3 is 12.4 Å². The Hall–Kier alpha value is -0.560. The third-order valence-corrected chi connectivity index (χ3v) is 4.51. The summed E-state index contributed by atoms with van der Waals surface area (Å²) in [5.74, 6) is 0. The Morgan fingerprint density at radius 2 is 1.13 bits per heavy atom. The minimum absolute atomic E-state index is 0. The summed E-state index contributed by atoms with van der Waals surface area (Å²) in [6.45, 7) is 2.29. The van der Waals surface area contributed by atoms with Crippen molar-refractivity contribution in [1.29, 1.82) is 0 Å². The van der Waals surface area contributed by atoms with Crippen LogP contribution in [0.3, 0.4) is 0 Å². The summed E-state index contributed by atoms with van der Waals surface area (Å²) < 4.78 is 0. The van der Waals surface area contributed by atoms with Gasteiger partial charge in [-0.3, -0.25) is 0 Å². The topological polar surface area (TPSA) is 14.1 Å². The van der Waals surface area contributed by atoms with Gasteiger partial charge in [-0.05, 0) is 12.5 Å². The molecule has 0 aliphatic carbocycles. The van der Waals surface area contributed by atoms with E-state index in [0.29, 0.717) is 0 Å². The van der Waals surface area contributed by atoms with E-state index in [-0.39, 0.29) is 12.4 Å². The van der Waals surface area contributed by atoms with Crippen LogP contribution in [0.5, 0.6) is 0 Å². The molecule has 0 unspecified atom stereocenters. The van der Waals surface area contributed by atoms with Crippen molar-refractivity contribution in [2.45, 2.75) is 103 Å². The minimum Gasteiger partial charge on any atom is -1.00 e. The highest BCUT2D eigenvalue weighted by Gasteiger charge is 2.06. The Bertz CT molecular complexity index is 331. The van der Waals surface area contributed by atoms with Crippen molar-refractivity contribution in [3.05, 3.63) is 23.9 Å². The van der Waals surface area contributed by atoms with Crippen LogP contribution >= 0.6 is 0 Å². The molecule has 133 valence electrons. The summed E-state index contributed by atoms with van der Waals surface area (Å²) in [5.41, 5.74) is 1.25. The third-order valence-electron chi connectivity index (χ3n) is 4.51. The first-order chi connectivity index (χ1) is 10.9. The predicted molar refractivity (Wildman–Crippen MR) is 100 cm³/mol. The zero-order valence-electron chi connectivity index (χ0n) is 15.2. The quantitative estimate of drug-likeness (QED) is 0.404. The fourth-order valence-electron chi connectivity index (χ4n) is 3.05. The van der Waals surface area contributed by atoms with Gasteiger partial charge in [-0.2, -0.15) is 0 Å². The molecule has 0 N–H and O–H groups in total. The molecular weight excluding hydrogens is 302 g/mol. The van der Waals surface area contributed by atoms with Crippen molar-refractivity contribution in [2.24, 2.45) is 0 Å². The fourth-order valence-corrected chi connectivity index (χ4v) is 3.05. The number of halogens is 1. The Morgan fingerprint density at radius 3 is 1.57 bits per heavy atom. The van der Waals surface area contributed by atoms with Gasteiger partial charge in [-0.15, -0.1) is 0 Å². The van der Waals surface area contributed by atoms with E-state index in [4.69, 9.17) is 0 Å². The van der Waals surface area contributed by atoms with E-state index in [1.807, 2.05) is 12.3 Å². The van der Waals surface area contributed by atoms with Crippen molar-refractivity contribution < 1.29 is 12.4 Å². The maximum atomic E-state index is 4.38. The molecule has 0 amide bonds. The van der Waals surface area contributed by atoms with Crippen LogP contribution in [0, 0.1) is 0 Å². The van der Waals surface area contributed by atoms with Gasteiger partial charge in [0, 0.05) is 18.6 Å². The molecule has 0 bridgehead atoms. The summed E-state index contributed by atoms with van der Waals surface area (Å²) in [6.07, 6.45) is 29.2. The summed E-state index contributed by atoms with van der Waals surface area (Å²) >= 11 is 0. The van der Waals surface area contributed by atoms with E-state index in [1.54, 1.807) is 0 Å². The first-order valence-corrected chi connectivity index (χ1v) is 9.83. The Kier molecular flexibility index (Phi) is 17.4. The number of unbranched alkanes of at least 4 members (excludes halogenated alkanes) is 13. The van der Waals surface area contributed by atoms with Crippen molar-refractivity contribution in [3.8, 4) is 0 Å². The second kappa shape index (κ2) is 17.8. The lowest BCUT2D eigenvalue weighted by molar-refractivity contribution is -0.00000484. The van der Waals surface area contributed by atoms with Crippen molar-refractivity contribution in [2.75, 3.05) is 0 Å². The molecule has 0 aromatic heterocycles. The molecule has 23 heavy (non-hydrogen) atoms. The standard InChI is InChI=1S/C21H37N.ClH/c1-2-3-4-5-6-7-8-9-10-11-12-13-14-15-18-21-19-16-17-20-22-21;/h16-17,19-20H,2-15,18H2,1H3;1H/q+1;/p-1. The van der Waals surface area contributed by atoms with E-state index in [2.05, 4.69) is 24.1 Å². The molecule has 1 radical (unpaired) electrons. The minimum atomic E-state index is 0. The number of aliphatic imine (C=N–C) groups is 1. The lowest BCUT2D eigenvalue weighted by Gasteiger charge is -2.02. The molecule has 0 saturated heterocycles. The summed E-state index contributed by atoms with van der Waals surface area (Å²) in [4.78, 5) is 4.38. The number of hydrogen-bond donors (Lipinski definition) is 0. The van der Waals surface area contributed by atoms with Crippen LogP contribution in [-0.4, -0.2) is 6.21 Å². The molecule has 0 aromatic carbocycles. The van der Waals surface area contributed by atoms with Crippen LogP contribution in [0.15, 0.2) is 23.9 Å². The normalized spacial score (nSPS) is 13.0. The van der Waals surface area contributed by atoms with Gasteiger partial charge in [0.2, 0.25) is 6.21 Å². The van der Waals surface area contributed by atoms with Crippen LogP contribution in [0.2, 0.25) is 0 Å². The van der Waals surface area contributed by atoms with Crippen LogP contribution in [-0.2, 0) is 0 Å². The second-order valence-corrected chi connectivity index (χ2v) is 6.67. The number of hydrogen-bond acceptors (Lipinski definition) is 1. The molecule has 1 rings (SSSR count). The Labute approximate surface area is 151 Å². The average Bonchev–Trinajstić information content (AvgIpc) is 2.56. The number of rotatable bonds is 15. The zero-order chi connectivity index (χ0) is 15.7. The summed E-state index contributed by atoms with van der Waals surface area (Å²) in [6, 6.07) is 0. The molecule has 1 aliphatic rings. The van der Waals surface area contributed by atoms with Gasteiger partial charge in [-0.1, -0.05) is 90.4 Å². The smallest absolute Gasteiger partial charge is 0.253 e.